The van der Waals surface area contributed by atoms with E-state index in [-0.39, 0.29) is 23.9 Å². The van der Waals surface area contributed by atoms with Gasteiger partial charge in [0.15, 0.2) is 0 Å². The van der Waals surface area contributed by atoms with Crippen molar-refractivity contribution in [2.45, 2.75) is 25.9 Å². The summed E-state index contributed by atoms with van der Waals surface area (Å²) in [7, 11) is 0. The molecule has 0 aromatic heterocycles. The summed E-state index contributed by atoms with van der Waals surface area (Å²) in [6.07, 6.45) is 0. The van der Waals surface area contributed by atoms with Crippen LogP contribution >= 0.6 is 11.8 Å². The van der Waals surface area contributed by atoms with Crippen LogP contribution in [-0.4, -0.2) is 28.9 Å². The number of nitrogens with two attached hydrogens (primary N) is 1. The van der Waals surface area contributed by atoms with Crippen molar-refractivity contribution in [3.8, 4) is 0 Å². The fraction of sp³-hybridized carbons (Fsp3) is 0.381. The normalized spacial score (nSPS) is 20.1. The van der Waals surface area contributed by atoms with E-state index in [4.69, 9.17) is 5.73 Å². The lowest BCUT2D eigenvalue weighted by Gasteiger charge is -2.38. The van der Waals surface area contributed by atoms with Crippen LogP contribution in [0.25, 0.3) is 0 Å². The van der Waals surface area contributed by atoms with Crippen molar-refractivity contribution in [2.75, 3.05) is 18.1 Å². The molecule has 0 spiro atoms. The number of hydrogen-bond acceptors (Lipinski definition) is 3. The van der Waals surface area contributed by atoms with Gasteiger partial charge in [-0.15, -0.1) is 0 Å². The third kappa shape index (κ3) is 4.07. The van der Waals surface area contributed by atoms with Gasteiger partial charge in [-0.2, -0.15) is 11.8 Å². The summed E-state index contributed by atoms with van der Waals surface area (Å²) in [4.78, 5) is 15.2. The Hall–Kier alpha value is -1.78. The molecular formula is C21H26N2OS. The Labute approximate surface area is 154 Å². The molecule has 1 amide bonds. The average Bonchev–Trinajstić information content (AvgIpc) is 2.67. The molecule has 25 heavy (non-hydrogen) atoms. The highest BCUT2D eigenvalue weighted by atomic mass is 32.2. The molecule has 2 aromatic rings. The van der Waals surface area contributed by atoms with Gasteiger partial charge in [-0.3, -0.25) is 4.79 Å². The van der Waals surface area contributed by atoms with Crippen molar-refractivity contribution < 1.29 is 4.79 Å². The van der Waals surface area contributed by atoms with Crippen molar-refractivity contribution in [1.29, 1.82) is 0 Å². The van der Waals surface area contributed by atoms with Crippen molar-refractivity contribution in [1.82, 2.24) is 4.90 Å². The number of carbonyl (C=O) groups excluding carboxylic acids is 1. The molecule has 4 heteroatoms. The first-order chi connectivity index (χ1) is 12.1. The number of carbonyl (C=O) groups is 1. The third-order valence-corrected chi connectivity index (χ3v) is 6.01. The molecule has 1 heterocycles. The van der Waals surface area contributed by atoms with E-state index >= 15 is 0 Å². The summed E-state index contributed by atoms with van der Waals surface area (Å²) in [6.45, 7) is 4.82. The summed E-state index contributed by atoms with van der Waals surface area (Å²) in [5.41, 5.74) is 9.87. The van der Waals surface area contributed by atoms with Crippen LogP contribution in [0.15, 0.2) is 54.6 Å². The minimum Gasteiger partial charge on any atom is -0.334 e. The zero-order valence-electron chi connectivity index (χ0n) is 14.9. The van der Waals surface area contributed by atoms with E-state index in [1.807, 2.05) is 53.9 Å². The molecule has 0 aliphatic carbocycles. The van der Waals surface area contributed by atoms with E-state index in [0.29, 0.717) is 0 Å². The molecule has 3 unspecified atom stereocenters. The van der Waals surface area contributed by atoms with E-state index in [1.54, 1.807) is 0 Å². The molecule has 3 rings (SSSR count). The van der Waals surface area contributed by atoms with E-state index in [0.717, 1.165) is 23.6 Å². The highest BCUT2D eigenvalue weighted by Crippen LogP contribution is 2.32. The maximum Gasteiger partial charge on any atom is 0.227 e. The second-order valence-electron chi connectivity index (χ2n) is 6.76. The Morgan fingerprint density at radius 1 is 1.16 bits per heavy atom. The van der Waals surface area contributed by atoms with Gasteiger partial charge in [0.1, 0.15) is 0 Å². The van der Waals surface area contributed by atoms with Gasteiger partial charge in [-0.25, -0.2) is 0 Å². The number of aryl methyl sites for hydroxylation is 1. The van der Waals surface area contributed by atoms with Crippen LogP contribution in [-0.2, 0) is 4.79 Å². The summed E-state index contributed by atoms with van der Waals surface area (Å²) >= 11 is 1.91. The average molecular weight is 355 g/mol. The smallest absolute Gasteiger partial charge is 0.227 e. The Kier molecular flexibility index (Phi) is 5.82. The first-order valence-electron chi connectivity index (χ1n) is 8.83. The van der Waals surface area contributed by atoms with Crippen LogP contribution in [0.4, 0.5) is 0 Å². The van der Waals surface area contributed by atoms with Crippen LogP contribution in [0, 0.1) is 12.8 Å². The molecule has 1 aliphatic heterocycles. The van der Waals surface area contributed by atoms with Crippen LogP contribution in [0.3, 0.4) is 0 Å². The molecule has 132 valence electrons. The first kappa shape index (κ1) is 18.0. The molecule has 1 fully saturated rings. The largest absolute Gasteiger partial charge is 0.334 e. The van der Waals surface area contributed by atoms with Gasteiger partial charge in [0.25, 0.3) is 0 Å². The number of rotatable bonds is 4. The standard InChI is InChI=1S/C21H26N2OS/c1-15-8-10-17(11-9-15)19-14-25-13-12-23(19)21(24)16(2)20(22)18-6-4-3-5-7-18/h3-11,16,19-20H,12-14,22H2,1-2H3. The summed E-state index contributed by atoms with van der Waals surface area (Å²) in [6, 6.07) is 18.3. The lowest BCUT2D eigenvalue weighted by molar-refractivity contribution is -0.137. The molecule has 1 aliphatic rings. The topological polar surface area (TPSA) is 46.3 Å². The van der Waals surface area contributed by atoms with Gasteiger partial charge in [-0.05, 0) is 18.1 Å². The van der Waals surface area contributed by atoms with Gasteiger partial charge in [0.2, 0.25) is 5.91 Å². The molecule has 2 aromatic carbocycles. The zero-order chi connectivity index (χ0) is 17.8. The number of benzene rings is 2. The highest BCUT2D eigenvalue weighted by molar-refractivity contribution is 7.99. The van der Waals surface area contributed by atoms with Gasteiger partial charge in [0.05, 0.1) is 12.0 Å². The van der Waals surface area contributed by atoms with Crippen LogP contribution < -0.4 is 5.73 Å². The predicted molar refractivity (Wildman–Crippen MR) is 105 cm³/mol. The minimum absolute atomic E-state index is 0.136. The fourth-order valence-electron chi connectivity index (χ4n) is 3.31. The molecule has 0 saturated carbocycles. The fourth-order valence-corrected chi connectivity index (χ4v) is 4.40. The first-order valence-corrected chi connectivity index (χ1v) is 9.98. The highest BCUT2D eigenvalue weighted by Gasteiger charge is 2.33. The molecule has 0 bridgehead atoms. The molecule has 3 atom stereocenters. The van der Waals surface area contributed by atoms with E-state index in [2.05, 4.69) is 31.2 Å². The third-order valence-electron chi connectivity index (χ3n) is 4.99. The van der Waals surface area contributed by atoms with E-state index < -0.39 is 0 Å². The molecule has 1 saturated heterocycles. The summed E-state index contributed by atoms with van der Waals surface area (Å²) < 4.78 is 0. The second kappa shape index (κ2) is 8.07. The van der Waals surface area contributed by atoms with Crippen LogP contribution in [0.1, 0.15) is 35.7 Å². The summed E-state index contributed by atoms with van der Waals surface area (Å²) in [5.74, 6) is 1.85. The van der Waals surface area contributed by atoms with Gasteiger partial charge in [0, 0.05) is 24.1 Å². The molecule has 2 N–H and O–H groups in total. The van der Waals surface area contributed by atoms with Gasteiger partial charge >= 0.3 is 0 Å². The molecule has 0 radical (unpaired) electrons. The zero-order valence-corrected chi connectivity index (χ0v) is 15.7. The summed E-state index contributed by atoms with van der Waals surface area (Å²) in [5, 5.41) is 0. The Morgan fingerprint density at radius 2 is 1.84 bits per heavy atom. The Balaban J connectivity index is 1.79. The maximum absolute atomic E-state index is 13.2. The number of thioether (sulfide) groups is 1. The number of amides is 1. The maximum atomic E-state index is 13.2. The molecule has 3 nitrogen and oxygen atoms in total. The van der Waals surface area contributed by atoms with E-state index in [1.165, 1.54) is 11.1 Å². The quantitative estimate of drug-likeness (QED) is 0.904. The minimum atomic E-state index is -0.276. The van der Waals surface area contributed by atoms with Crippen LogP contribution in [0.5, 0.6) is 0 Å². The second-order valence-corrected chi connectivity index (χ2v) is 7.91. The van der Waals surface area contributed by atoms with E-state index in [9.17, 15) is 4.79 Å². The van der Waals surface area contributed by atoms with Gasteiger partial charge in [-0.1, -0.05) is 67.1 Å². The van der Waals surface area contributed by atoms with Crippen molar-refractivity contribution in [2.24, 2.45) is 11.7 Å². The predicted octanol–water partition coefficient (Wildman–Crippen LogP) is 3.95. The number of nitrogens with zero attached hydrogens (tertiary/aromatic N) is 1. The number of hydrogen-bond donors (Lipinski definition) is 1. The monoisotopic (exact) mass is 354 g/mol. The van der Waals surface area contributed by atoms with Crippen molar-refractivity contribution >= 4 is 17.7 Å². The Morgan fingerprint density at radius 3 is 2.52 bits per heavy atom. The molecular weight excluding hydrogens is 328 g/mol. The Bertz CT molecular complexity index is 702. The lowest BCUT2D eigenvalue weighted by atomic mass is 9.93. The van der Waals surface area contributed by atoms with Gasteiger partial charge < -0.3 is 10.6 Å². The van der Waals surface area contributed by atoms with Crippen LogP contribution in [0.2, 0.25) is 0 Å². The van der Waals surface area contributed by atoms with Crippen molar-refractivity contribution in [3.63, 3.8) is 0 Å². The lowest BCUT2D eigenvalue weighted by Crippen LogP contribution is -2.45. The van der Waals surface area contributed by atoms with Crippen molar-refractivity contribution in [3.05, 3.63) is 71.3 Å². The SMILES string of the molecule is Cc1ccc(C2CSCCN2C(=O)C(C)C(N)c2ccccc2)cc1.